The first-order valence-electron chi connectivity index (χ1n) is 12.6. The van der Waals surface area contributed by atoms with Crippen molar-refractivity contribution in [2.45, 2.75) is 27.7 Å². The number of benzene rings is 2. The van der Waals surface area contributed by atoms with E-state index < -0.39 is 0 Å². The maximum Gasteiger partial charge on any atom is 0.256 e. The van der Waals surface area contributed by atoms with E-state index in [1.165, 1.54) is 0 Å². The van der Waals surface area contributed by atoms with Crippen LogP contribution in [0.15, 0.2) is 48.5 Å². The van der Waals surface area contributed by atoms with Gasteiger partial charge in [-0.3, -0.25) is 9.59 Å². The monoisotopic (exact) mass is 486 g/mol. The van der Waals surface area contributed by atoms with E-state index in [4.69, 9.17) is 4.74 Å². The number of aromatic amines is 1. The number of H-pyrrole nitrogens is 1. The molecule has 7 heteroatoms. The summed E-state index contributed by atoms with van der Waals surface area (Å²) < 4.78 is 5.73. The number of anilines is 1. The maximum absolute atomic E-state index is 13.5. The summed E-state index contributed by atoms with van der Waals surface area (Å²) in [5.74, 6) is 0.417. The molecule has 2 amide bonds. The summed E-state index contributed by atoms with van der Waals surface area (Å²) in [7, 11) is 0. The van der Waals surface area contributed by atoms with Gasteiger partial charge < -0.3 is 25.3 Å². The van der Waals surface area contributed by atoms with Gasteiger partial charge in [0.15, 0.2) is 0 Å². The topological polar surface area (TPSA) is 86.5 Å². The summed E-state index contributed by atoms with van der Waals surface area (Å²) in [6, 6.07) is 15.3. The van der Waals surface area contributed by atoms with Crippen LogP contribution in [0.1, 0.15) is 48.1 Å². The van der Waals surface area contributed by atoms with Gasteiger partial charge in [0.2, 0.25) is 0 Å². The van der Waals surface area contributed by atoms with Crippen molar-refractivity contribution >= 4 is 29.2 Å². The maximum atomic E-state index is 13.5. The Morgan fingerprint density at radius 3 is 2.61 bits per heavy atom. The fourth-order valence-corrected chi connectivity index (χ4v) is 4.63. The van der Waals surface area contributed by atoms with E-state index in [-0.39, 0.29) is 11.8 Å². The van der Waals surface area contributed by atoms with E-state index in [9.17, 15) is 9.59 Å². The van der Waals surface area contributed by atoms with Gasteiger partial charge in [0, 0.05) is 41.3 Å². The highest BCUT2D eigenvalue weighted by atomic mass is 16.5. The molecule has 0 aliphatic carbocycles. The third-order valence-corrected chi connectivity index (χ3v) is 6.48. The molecule has 0 fully saturated rings. The molecule has 0 saturated heterocycles. The summed E-state index contributed by atoms with van der Waals surface area (Å²) in [5, 5.41) is 6.01. The van der Waals surface area contributed by atoms with Gasteiger partial charge in [-0.2, -0.15) is 0 Å². The molecule has 1 aromatic heterocycles. The molecular formula is C29H34N4O3. The van der Waals surface area contributed by atoms with Crippen molar-refractivity contribution in [3.05, 3.63) is 71.0 Å². The Morgan fingerprint density at radius 1 is 1.08 bits per heavy atom. The standard InChI is InChI=1S/C29H34N4O3/c1-5-33(6-2)16-15-30-29(35)26-19(4)31-25(27(26)20-11-10-12-21(17-20)36-7-3)18-23-22-13-8-9-14-24(22)32-28(23)34/h8-14,17-18,31H,5-7,15-16H2,1-4H3,(H,30,35)(H,32,34)/b23-18-. The predicted octanol–water partition coefficient (Wildman–Crippen LogP) is 4.95. The predicted molar refractivity (Wildman–Crippen MR) is 145 cm³/mol. The summed E-state index contributed by atoms with van der Waals surface area (Å²) in [6.07, 6.45) is 1.84. The molecule has 1 aliphatic heterocycles. The SMILES string of the molecule is CCOc1cccc(-c2c(/C=C3\C(=O)Nc4ccccc43)[nH]c(C)c2C(=O)NCCN(CC)CC)c1. The number of nitrogens with zero attached hydrogens (tertiary/aromatic N) is 1. The van der Waals surface area contributed by atoms with Crippen molar-refractivity contribution in [2.75, 3.05) is 38.1 Å². The summed E-state index contributed by atoms with van der Waals surface area (Å²) in [4.78, 5) is 31.9. The van der Waals surface area contributed by atoms with Gasteiger partial charge in [-0.25, -0.2) is 0 Å². The van der Waals surface area contributed by atoms with Crippen LogP contribution in [-0.2, 0) is 4.79 Å². The number of ether oxygens (including phenoxy) is 1. The highest BCUT2D eigenvalue weighted by Crippen LogP contribution is 2.37. The second-order valence-electron chi connectivity index (χ2n) is 8.72. The zero-order valence-corrected chi connectivity index (χ0v) is 21.4. The smallest absolute Gasteiger partial charge is 0.256 e. The molecule has 0 saturated carbocycles. The van der Waals surface area contributed by atoms with Crippen molar-refractivity contribution in [1.29, 1.82) is 0 Å². The van der Waals surface area contributed by atoms with E-state index in [1.54, 1.807) is 0 Å². The Labute approximate surface area is 212 Å². The minimum absolute atomic E-state index is 0.145. The van der Waals surface area contributed by atoms with Gasteiger partial charge >= 0.3 is 0 Å². The van der Waals surface area contributed by atoms with Crippen LogP contribution < -0.4 is 15.4 Å². The summed E-state index contributed by atoms with van der Waals surface area (Å²) in [5.41, 5.74) is 5.80. The van der Waals surface area contributed by atoms with Crippen molar-refractivity contribution < 1.29 is 14.3 Å². The van der Waals surface area contributed by atoms with Gasteiger partial charge in [0.25, 0.3) is 11.8 Å². The number of fused-ring (bicyclic) bond motifs is 1. The third kappa shape index (κ3) is 5.21. The molecule has 36 heavy (non-hydrogen) atoms. The average Bonchev–Trinajstić information content (AvgIpc) is 3.38. The van der Waals surface area contributed by atoms with Crippen molar-refractivity contribution in [3.8, 4) is 16.9 Å². The van der Waals surface area contributed by atoms with E-state index in [0.29, 0.717) is 30.0 Å². The molecule has 2 aromatic carbocycles. The molecule has 0 bridgehead atoms. The van der Waals surface area contributed by atoms with Crippen LogP contribution >= 0.6 is 0 Å². The van der Waals surface area contributed by atoms with Crippen LogP contribution in [0.2, 0.25) is 0 Å². The summed E-state index contributed by atoms with van der Waals surface area (Å²) in [6.45, 7) is 11.8. The van der Waals surface area contributed by atoms with Gasteiger partial charge in [0.05, 0.1) is 17.7 Å². The van der Waals surface area contributed by atoms with Crippen LogP contribution in [0.5, 0.6) is 5.75 Å². The average molecular weight is 487 g/mol. The summed E-state index contributed by atoms with van der Waals surface area (Å²) >= 11 is 0. The number of hydrogen-bond donors (Lipinski definition) is 3. The third-order valence-electron chi connectivity index (χ3n) is 6.48. The number of aromatic nitrogens is 1. The Bertz CT molecular complexity index is 1290. The van der Waals surface area contributed by atoms with Gasteiger partial charge in [0.1, 0.15) is 5.75 Å². The number of rotatable bonds is 10. The molecule has 4 rings (SSSR count). The lowest BCUT2D eigenvalue weighted by Gasteiger charge is -2.18. The quantitative estimate of drug-likeness (QED) is 0.354. The molecule has 0 spiro atoms. The molecule has 1 aliphatic rings. The number of carbonyl (C=O) groups excluding carboxylic acids is 2. The van der Waals surface area contributed by atoms with E-state index >= 15 is 0 Å². The van der Waals surface area contributed by atoms with Crippen LogP contribution in [0.4, 0.5) is 5.69 Å². The lowest BCUT2D eigenvalue weighted by atomic mass is 9.97. The molecule has 0 atom stereocenters. The number of likely N-dealkylation sites (N-methyl/N-ethyl adjacent to an activating group) is 1. The fraction of sp³-hybridized carbons (Fsp3) is 0.310. The lowest BCUT2D eigenvalue weighted by molar-refractivity contribution is -0.110. The van der Waals surface area contributed by atoms with E-state index in [0.717, 1.165) is 53.5 Å². The first kappa shape index (κ1) is 25.3. The zero-order chi connectivity index (χ0) is 25.7. The molecule has 2 heterocycles. The van der Waals surface area contributed by atoms with Crippen LogP contribution in [0, 0.1) is 6.92 Å². The second-order valence-corrected chi connectivity index (χ2v) is 8.72. The van der Waals surface area contributed by atoms with Crippen LogP contribution in [-0.4, -0.2) is 54.5 Å². The fourth-order valence-electron chi connectivity index (χ4n) is 4.63. The van der Waals surface area contributed by atoms with Gasteiger partial charge in [-0.05, 0) is 56.8 Å². The number of amides is 2. The molecule has 0 unspecified atom stereocenters. The first-order chi connectivity index (χ1) is 17.5. The normalized spacial score (nSPS) is 13.7. The van der Waals surface area contributed by atoms with Crippen molar-refractivity contribution in [3.63, 3.8) is 0 Å². The zero-order valence-electron chi connectivity index (χ0n) is 21.4. The van der Waals surface area contributed by atoms with Crippen LogP contribution in [0.25, 0.3) is 22.8 Å². The molecule has 3 aromatic rings. The number of para-hydroxylation sites is 1. The van der Waals surface area contributed by atoms with Crippen molar-refractivity contribution in [2.24, 2.45) is 0 Å². The number of nitrogens with one attached hydrogen (secondary N) is 3. The van der Waals surface area contributed by atoms with Crippen LogP contribution in [0.3, 0.4) is 0 Å². The molecular weight excluding hydrogens is 452 g/mol. The second kappa shape index (κ2) is 11.3. The Hall–Kier alpha value is -3.84. The minimum atomic E-state index is -0.164. The number of aryl methyl sites for hydroxylation is 1. The van der Waals surface area contributed by atoms with E-state index in [1.807, 2.05) is 68.5 Å². The molecule has 0 radical (unpaired) electrons. The first-order valence-corrected chi connectivity index (χ1v) is 12.6. The number of carbonyl (C=O) groups is 2. The Kier molecular flexibility index (Phi) is 7.90. The number of hydrogen-bond acceptors (Lipinski definition) is 4. The van der Waals surface area contributed by atoms with Gasteiger partial charge in [-0.1, -0.05) is 44.2 Å². The Balaban J connectivity index is 1.78. The van der Waals surface area contributed by atoms with E-state index in [2.05, 4.69) is 34.4 Å². The minimum Gasteiger partial charge on any atom is -0.494 e. The van der Waals surface area contributed by atoms with Gasteiger partial charge in [-0.15, -0.1) is 0 Å². The highest BCUT2D eigenvalue weighted by Gasteiger charge is 2.27. The molecule has 7 nitrogen and oxygen atoms in total. The lowest BCUT2D eigenvalue weighted by Crippen LogP contribution is -2.35. The largest absolute Gasteiger partial charge is 0.494 e. The molecule has 188 valence electrons. The van der Waals surface area contributed by atoms with Crippen molar-refractivity contribution in [1.82, 2.24) is 15.2 Å². The highest BCUT2D eigenvalue weighted by molar-refractivity contribution is 6.35. The molecule has 3 N–H and O–H groups in total. The Morgan fingerprint density at radius 2 is 1.86 bits per heavy atom.